The number of aromatic nitrogens is 1. The van der Waals surface area contributed by atoms with E-state index in [2.05, 4.69) is 21.3 Å². The number of fused-ring (bicyclic) bond motifs is 3. The van der Waals surface area contributed by atoms with Gasteiger partial charge in [0, 0.05) is 34.4 Å². The minimum atomic E-state index is -0.0520. The summed E-state index contributed by atoms with van der Waals surface area (Å²) < 4.78 is 0. The van der Waals surface area contributed by atoms with E-state index in [0.717, 1.165) is 36.2 Å². The Hall–Kier alpha value is -2.59. The summed E-state index contributed by atoms with van der Waals surface area (Å²) in [6.07, 6.45) is 4.69. The summed E-state index contributed by atoms with van der Waals surface area (Å²) in [4.78, 5) is 18.5. The number of carbonyl (C=O) groups is 1. The molecule has 0 saturated carbocycles. The van der Waals surface area contributed by atoms with Crippen LogP contribution in [-0.4, -0.2) is 29.9 Å². The first kappa shape index (κ1) is 16.9. The number of anilines is 1. The number of amides is 1. The van der Waals surface area contributed by atoms with E-state index in [0.29, 0.717) is 5.56 Å². The third-order valence-electron chi connectivity index (χ3n) is 5.11. The lowest BCUT2D eigenvalue weighted by Gasteiger charge is -2.15. The van der Waals surface area contributed by atoms with Gasteiger partial charge in [-0.2, -0.15) is 0 Å². The fourth-order valence-electron chi connectivity index (χ4n) is 3.86. The Labute approximate surface area is 154 Å². The SMILES string of the molecule is CN(C)Cc1ccccc1NC(=O)c1ccc2[nH]c3c(c2c1)CCCC3. The molecule has 0 bridgehead atoms. The van der Waals surface area contributed by atoms with E-state index in [1.165, 1.54) is 29.5 Å². The lowest BCUT2D eigenvalue weighted by atomic mass is 9.95. The van der Waals surface area contributed by atoms with Gasteiger partial charge in [-0.15, -0.1) is 0 Å². The van der Waals surface area contributed by atoms with Crippen LogP contribution in [0.5, 0.6) is 0 Å². The molecule has 4 rings (SSSR count). The van der Waals surface area contributed by atoms with Gasteiger partial charge in [-0.05, 0) is 75.2 Å². The van der Waals surface area contributed by atoms with Gasteiger partial charge in [-0.25, -0.2) is 0 Å². The molecule has 0 spiro atoms. The molecule has 1 aromatic heterocycles. The third kappa shape index (κ3) is 3.25. The van der Waals surface area contributed by atoms with E-state index in [9.17, 15) is 4.79 Å². The normalized spacial score (nSPS) is 13.8. The average molecular weight is 347 g/mol. The van der Waals surface area contributed by atoms with Crippen molar-refractivity contribution in [3.05, 3.63) is 64.8 Å². The average Bonchev–Trinajstić information content (AvgIpc) is 3.00. The van der Waals surface area contributed by atoms with Gasteiger partial charge in [0.15, 0.2) is 0 Å². The molecule has 0 aliphatic heterocycles. The second-order valence-corrected chi connectivity index (χ2v) is 7.40. The quantitative estimate of drug-likeness (QED) is 0.737. The van der Waals surface area contributed by atoms with Gasteiger partial charge < -0.3 is 15.2 Å². The number of hydrogen-bond donors (Lipinski definition) is 2. The Balaban J connectivity index is 1.63. The van der Waals surface area contributed by atoms with E-state index in [-0.39, 0.29) is 5.91 Å². The molecule has 26 heavy (non-hydrogen) atoms. The smallest absolute Gasteiger partial charge is 0.255 e. The fraction of sp³-hybridized carbons (Fsp3) is 0.318. The van der Waals surface area contributed by atoms with Crippen LogP contribution < -0.4 is 5.32 Å². The zero-order valence-electron chi connectivity index (χ0n) is 15.4. The number of rotatable bonds is 4. The molecule has 134 valence electrons. The number of aromatic amines is 1. The van der Waals surface area contributed by atoms with Crippen molar-refractivity contribution < 1.29 is 4.79 Å². The van der Waals surface area contributed by atoms with E-state index in [1.807, 2.05) is 50.5 Å². The number of hydrogen-bond acceptors (Lipinski definition) is 2. The van der Waals surface area contributed by atoms with Crippen molar-refractivity contribution in [2.75, 3.05) is 19.4 Å². The maximum Gasteiger partial charge on any atom is 0.255 e. The standard InChI is InChI=1S/C22H25N3O/c1-25(2)14-16-7-3-5-9-19(16)24-22(26)15-11-12-21-18(13-15)17-8-4-6-10-20(17)23-21/h3,5,7,9,11-13,23H,4,6,8,10,14H2,1-2H3,(H,24,26). The Kier molecular flexibility index (Phi) is 4.51. The summed E-state index contributed by atoms with van der Waals surface area (Å²) >= 11 is 0. The zero-order chi connectivity index (χ0) is 18.1. The number of carbonyl (C=O) groups excluding carboxylic acids is 1. The summed E-state index contributed by atoms with van der Waals surface area (Å²) in [6, 6.07) is 14.0. The first-order valence-corrected chi connectivity index (χ1v) is 9.29. The number of nitrogens with one attached hydrogen (secondary N) is 2. The largest absolute Gasteiger partial charge is 0.358 e. The number of para-hydroxylation sites is 1. The minimum absolute atomic E-state index is 0.0520. The Morgan fingerprint density at radius 3 is 2.77 bits per heavy atom. The molecule has 1 aliphatic rings. The fourth-order valence-corrected chi connectivity index (χ4v) is 3.86. The van der Waals surface area contributed by atoms with Crippen LogP contribution in [-0.2, 0) is 19.4 Å². The number of benzene rings is 2. The van der Waals surface area contributed by atoms with Crippen LogP contribution in [0.4, 0.5) is 5.69 Å². The first-order chi connectivity index (χ1) is 12.6. The van der Waals surface area contributed by atoms with Crippen LogP contribution in [0.3, 0.4) is 0 Å². The molecule has 0 fully saturated rings. The van der Waals surface area contributed by atoms with E-state index < -0.39 is 0 Å². The lowest BCUT2D eigenvalue weighted by Crippen LogP contribution is -2.16. The molecular weight excluding hydrogens is 322 g/mol. The molecule has 1 aliphatic carbocycles. The molecule has 4 heteroatoms. The number of H-pyrrole nitrogens is 1. The van der Waals surface area contributed by atoms with Gasteiger partial charge in [0.2, 0.25) is 0 Å². The highest BCUT2D eigenvalue weighted by atomic mass is 16.1. The highest BCUT2D eigenvalue weighted by molar-refractivity contribution is 6.07. The van der Waals surface area contributed by atoms with Crippen LogP contribution in [0.2, 0.25) is 0 Å². The molecule has 0 saturated heterocycles. The molecule has 2 aromatic carbocycles. The van der Waals surface area contributed by atoms with Gasteiger partial charge in [0.25, 0.3) is 5.91 Å². The highest BCUT2D eigenvalue weighted by Gasteiger charge is 2.17. The molecule has 1 amide bonds. The Bertz CT molecular complexity index is 955. The predicted octanol–water partition coefficient (Wildman–Crippen LogP) is 4.36. The van der Waals surface area contributed by atoms with Crippen molar-refractivity contribution in [2.24, 2.45) is 0 Å². The van der Waals surface area contributed by atoms with Crippen molar-refractivity contribution >= 4 is 22.5 Å². The predicted molar refractivity (Wildman–Crippen MR) is 107 cm³/mol. The van der Waals surface area contributed by atoms with Crippen LogP contribution >= 0.6 is 0 Å². The lowest BCUT2D eigenvalue weighted by molar-refractivity contribution is 0.102. The molecule has 2 N–H and O–H groups in total. The summed E-state index contributed by atoms with van der Waals surface area (Å²) in [7, 11) is 4.06. The zero-order valence-corrected chi connectivity index (χ0v) is 15.4. The van der Waals surface area contributed by atoms with Crippen LogP contribution in [0.25, 0.3) is 10.9 Å². The monoisotopic (exact) mass is 347 g/mol. The Morgan fingerprint density at radius 2 is 1.92 bits per heavy atom. The van der Waals surface area contributed by atoms with Crippen LogP contribution in [0, 0.1) is 0 Å². The summed E-state index contributed by atoms with van der Waals surface area (Å²) in [5.74, 6) is -0.0520. The molecule has 4 nitrogen and oxygen atoms in total. The molecule has 0 atom stereocenters. The maximum absolute atomic E-state index is 12.9. The molecule has 1 heterocycles. The second-order valence-electron chi connectivity index (χ2n) is 7.40. The topological polar surface area (TPSA) is 48.1 Å². The van der Waals surface area contributed by atoms with Crippen molar-refractivity contribution in [1.82, 2.24) is 9.88 Å². The van der Waals surface area contributed by atoms with Crippen LogP contribution in [0.15, 0.2) is 42.5 Å². The van der Waals surface area contributed by atoms with Crippen molar-refractivity contribution in [3.63, 3.8) is 0 Å². The van der Waals surface area contributed by atoms with Gasteiger partial charge in [-0.1, -0.05) is 18.2 Å². The third-order valence-corrected chi connectivity index (χ3v) is 5.11. The summed E-state index contributed by atoms with van der Waals surface area (Å²) in [5.41, 5.74) is 6.59. The van der Waals surface area contributed by atoms with Crippen molar-refractivity contribution in [1.29, 1.82) is 0 Å². The van der Waals surface area contributed by atoms with Crippen LogP contribution in [0.1, 0.15) is 40.0 Å². The number of nitrogens with zero attached hydrogens (tertiary/aromatic N) is 1. The van der Waals surface area contributed by atoms with Gasteiger partial charge in [0.1, 0.15) is 0 Å². The first-order valence-electron chi connectivity index (χ1n) is 9.29. The maximum atomic E-state index is 12.9. The van der Waals surface area contributed by atoms with Crippen molar-refractivity contribution in [2.45, 2.75) is 32.2 Å². The van der Waals surface area contributed by atoms with Crippen molar-refractivity contribution in [3.8, 4) is 0 Å². The molecular formula is C22H25N3O. The van der Waals surface area contributed by atoms with E-state index >= 15 is 0 Å². The molecule has 3 aromatic rings. The van der Waals surface area contributed by atoms with E-state index in [4.69, 9.17) is 0 Å². The molecule has 0 unspecified atom stereocenters. The van der Waals surface area contributed by atoms with Gasteiger partial charge >= 0.3 is 0 Å². The van der Waals surface area contributed by atoms with Gasteiger partial charge in [-0.3, -0.25) is 4.79 Å². The van der Waals surface area contributed by atoms with E-state index in [1.54, 1.807) is 0 Å². The molecule has 0 radical (unpaired) electrons. The minimum Gasteiger partial charge on any atom is -0.358 e. The second kappa shape index (κ2) is 6.96. The Morgan fingerprint density at radius 1 is 1.12 bits per heavy atom. The summed E-state index contributed by atoms with van der Waals surface area (Å²) in [5, 5.41) is 4.30. The van der Waals surface area contributed by atoms with Gasteiger partial charge in [0.05, 0.1) is 0 Å². The number of aryl methyl sites for hydroxylation is 2. The highest BCUT2D eigenvalue weighted by Crippen LogP contribution is 2.30. The summed E-state index contributed by atoms with van der Waals surface area (Å²) in [6.45, 7) is 0.792.